The summed E-state index contributed by atoms with van der Waals surface area (Å²) in [6, 6.07) is 8.03. The summed E-state index contributed by atoms with van der Waals surface area (Å²) in [7, 11) is 0. The van der Waals surface area contributed by atoms with Crippen molar-refractivity contribution < 1.29 is 26.5 Å². The standard InChI is InChI=1S/C9H8O.Ti/c1-2-6-9-8(4-1)5-3-7-10-9;/h1-6H,7H2;. The number of hydrogen-bond acceptors (Lipinski definition) is 1. The third-order valence-electron chi connectivity index (χ3n) is 1.55. The molecule has 0 amide bonds. The third kappa shape index (κ3) is 1.73. The molecule has 1 nitrogen and oxygen atoms in total. The van der Waals surface area contributed by atoms with Crippen LogP contribution >= 0.6 is 0 Å². The number of hydrogen-bond donors (Lipinski definition) is 0. The molecule has 54 valence electrons. The van der Waals surface area contributed by atoms with Crippen molar-refractivity contribution in [1.29, 1.82) is 0 Å². The average Bonchev–Trinajstić information content (AvgIpc) is 2.05. The predicted molar refractivity (Wildman–Crippen MR) is 41.0 cm³/mol. The van der Waals surface area contributed by atoms with Crippen LogP contribution in [0.4, 0.5) is 0 Å². The van der Waals surface area contributed by atoms with Crippen LogP contribution in [0.15, 0.2) is 30.3 Å². The molecule has 1 heterocycles. The Morgan fingerprint density at radius 1 is 1.18 bits per heavy atom. The number of para-hydroxylation sites is 1. The van der Waals surface area contributed by atoms with Gasteiger partial charge in [-0.2, -0.15) is 0 Å². The largest absolute Gasteiger partial charge is 0.489 e. The van der Waals surface area contributed by atoms with Gasteiger partial charge < -0.3 is 4.74 Å². The summed E-state index contributed by atoms with van der Waals surface area (Å²) in [5.74, 6) is 0.991. The smallest absolute Gasteiger partial charge is 0.126 e. The molecule has 0 bridgehead atoms. The molecule has 1 aliphatic rings. The summed E-state index contributed by atoms with van der Waals surface area (Å²) in [5, 5.41) is 0. The Morgan fingerprint density at radius 2 is 2.00 bits per heavy atom. The zero-order chi connectivity index (χ0) is 6.81. The van der Waals surface area contributed by atoms with Crippen LogP contribution in [-0.4, -0.2) is 6.61 Å². The van der Waals surface area contributed by atoms with Crippen LogP contribution in [0.3, 0.4) is 0 Å². The van der Waals surface area contributed by atoms with Crippen molar-refractivity contribution in [2.24, 2.45) is 0 Å². The maximum atomic E-state index is 5.34. The molecule has 1 aromatic carbocycles. The first-order valence-corrected chi connectivity index (χ1v) is 3.35. The summed E-state index contributed by atoms with van der Waals surface area (Å²) < 4.78 is 5.34. The first-order chi connectivity index (χ1) is 4.97. The van der Waals surface area contributed by atoms with Crippen molar-refractivity contribution in [2.45, 2.75) is 0 Å². The first kappa shape index (κ1) is 8.57. The molecule has 11 heavy (non-hydrogen) atoms. The Morgan fingerprint density at radius 3 is 2.82 bits per heavy atom. The van der Waals surface area contributed by atoms with Gasteiger partial charge in [0.2, 0.25) is 0 Å². The molecule has 1 aromatic rings. The summed E-state index contributed by atoms with van der Waals surface area (Å²) in [4.78, 5) is 0. The van der Waals surface area contributed by atoms with Gasteiger partial charge in [-0.15, -0.1) is 0 Å². The molecule has 0 saturated heterocycles. The van der Waals surface area contributed by atoms with E-state index in [-0.39, 0.29) is 21.7 Å². The van der Waals surface area contributed by atoms with Crippen molar-refractivity contribution in [3.05, 3.63) is 35.9 Å². The Labute approximate surface area is 81.0 Å². The van der Waals surface area contributed by atoms with E-state index in [9.17, 15) is 0 Å². The summed E-state index contributed by atoms with van der Waals surface area (Å²) in [6.07, 6.45) is 4.10. The van der Waals surface area contributed by atoms with E-state index in [0.717, 1.165) is 5.75 Å². The minimum Gasteiger partial charge on any atom is -0.489 e. The van der Waals surface area contributed by atoms with E-state index in [4.69, 9.17) is 4.74 Å². The van der Waals surface area contributed by atoms with Gasteiger partial charge in [0.15, 0.2) is 0 Å². The van der Waals surface area contributed by atoms with Gasteiger partial charge in [-0.05, 0) is 12.1 Å². The van der Waals surface area contributed by atoms with Gasteiger partial charge in [0, 0.05) is 27.3 Å². The second-order valence-corrected chi connectivity index (χ2v) is 2.25. The van der Waals surface area contributed by atoms with Crippen molar-refractivity contribution in [3.63, 3.8) is 0 Å². The summed E-state index contributed by atoms with van der Waals surface area (Å²) in [5.41, 5.74) is 1.17. The van der Waals surface area contributed by atoms with E-state index in [0.29, 0.717) is 6.61 Å². The van der Waals surface area contributed by atoms with Crippen LogP contribution in [0, 0.1) is 0 Å². The van der Waals surface area contributed by atoms with Crippen LogP contribution in [0.5, 0.6) is 5.75 Å². The second-order valence-electron chi connectivity index (χ2n) is 2.25. The van der Waals surface area contributed by atoms with Crippen molar-refractivity contribution in [3.8, 4) is 5.75 Å². The van der Waals surface area contributed by atoms with Crippen LogP contribution in [0.2, 0.25) is 0 Å². The Balaban J connectivity index is 0.000000605. The van der Waals surface area contributed by atoms with E-state index in [1.165, 1.54) is 5.56 Å². The minimum absolute atomic E-state index is 0. The van der Waals surface area contributed by atoms with Gasteiger partial charge in [-0.3, -0.25) is 0 Å². The fraction of sp³-hybridized carbons (Fsp3) is 0.111. The quantitative estimate of drug-likeness (QED) is 0.555. The van der Waals surface area contributed by atoms with Gasteiger partial charge in [0.05, 0.1) is 0 Å². The third-order valence-corrected chi connectivity index (χ3v) is 1.55. The molecule has 0 saturated carbocycles. The first-order valence-electron chi connectivity index (χ1n) is 3.35. The van der Waals surface area contributed by atoms with E-state index in [1.54, 1.807) is 0 Å². The van der Waals surface area contributed by atoms with Gasteiger partial charge in [-0.1, -0.05) is 24.3 Å². The zero-order valence-corrected chi connectivity index (χ0v) is 7.64. The molecule has 1 aliphatic heterocycles. The SMILES string of the molecule is C1=Cc2ccccc2OC1.[Ti]. The molecule has 2 rings (SSSR count). The average molecular weight is 180 g/mol. The van der Waals surface area contributed by atoms with Gasteiger partial charge >= 0.3 is 0 Å². The van der Waals surface area contributed by atoms with Crippen molar-refractivity contribution >= 4 is 6.08 Å². The molecule has 0 N–H and O–H groups in total. The molecule has 2 heteroatoms. The Bertz CT molecular complexity index is 268. The minimum atomic E-state index is 0. The maximum absolute atomic E-state index is 5.34. The van der Waals surface area contributed by atoms with E-state index >= 15 is 0 Å². The van der Waals surface area contributed by atoms with E-state index < -0.39 is 0 Å². The fourth-order valence-electron chi connectivity index (χ4n) is 1.06. The number of benzene rings is 1. The molecular weight excluding hydrogens is 172 g/mol. The van der Waals surface area contributed by atoms with Gasteiger partial charge in [0.1, 0.15) is 12.4 Å². The van der Waals surface area contributed by atoms with Crippen LogP contribution in [-0.2, 0) is 21.7 Å². The molecule has 0 unspecified atom stereocenters. The molecule has 0 aromatic heterocycles. The molecule has 0 spiro atoms. The summed E-state index contributed by atoms with van der Waals surface area (Å²) >= 11 is 0. The van der Waals surface area contributed by atoms with E-state index in [2.05, 4.69) is 6.08 Å². The zero-order valence-electron chi connectivity index (χ0n) is 6.08. The van der Waals surface area contributed by atoms with Crippen LogP contribution < -0.4 is 4.74 Å². The Kier molecular flexibility index (Phi) is 2.92. The number of rotatable bonds is 0. The summed E-state index contributed by atoms with van der Waals surface area (Å²) in [6.45, 7) is 0.705. The topological polar surface area (TPSA) is 9.23 Å². The Hall–Kier alpha value is -0.526. The predicted octanol–water partition coefficient (Wildman–Crippen LogP) is 2.09. The van der Waals surface area contributed by atoms with Crippen LogP contribution in [0.1, 0.15) is 5.56 Å². The normalized spacial score (nSPS) is 12.7. The monoisotopic (exact) mass is 180 g/mol. The van der Waals surface area contributed by atoms with Crippen LogP contribution in [0.25, 0.3) is 6.08 Å². The van der Waals surface area contributed by atoms with Gasteiger partial charge in [0.25, 0.3) is 0 Å². The second kappa shape index (κ2) is 3.75. The maximum Gasteiger partial charge on any atom is 0.126 e. The van der Waals surface area contributed by atoms with Gasteiger partial charge in [-0.25, -0.2) is 0 Å². The number of ether oxygens (including phenoxy) is 1. The molecule has 0 fully saturated rings. The van der Waals surface area contributed by atoms with Crippen molar-refractivity contribution in [2.75, 3.05) is 6.61 Å². The van der Waals surface area contributed by atoms with Crippen molar-refractivity contribution in [1.82, 2.24) is 0 Å². The molecule has 0 radical (unpaired) electrons. The molecular formula is C9H8OTi. The molecule has 0 aliphatic carbocycles. The fourth-order valence-corrected chi connectivity index (χ4v) is 1.06. The van der Waals surface area contributed by atoms with E-state index in [1.807, 2.05) is 30.3 Å². The number of fused-ring (bicyclic) bond motifs is 1. The molecule has 0 atom stereocenters.